The highest BCUT2D eigenvalue weighted by Gasteiger charge is 2.28. The minimum Gasteiger partial charge on any atom is -0.380 e. The summed E-state index contributed by atoms with van der Waals surface area (Å²) in [7, 11) is 1.83. The zero-order valence-electron chi connectivity index (χ0n) is 11.1. The van der Waals surface area contributed by atoms with E-state index in [0.29, 0.717) is 24.2 Å². The van der Waals surface area contributed by atoms with Gasteiger partial charge in [-0.2, -0.15) is 0 Å². The van der Waals surface area contributed by atoms with Gasteiger partial charge in [-0.05, 0) is 32.6 Å². The fourth-order valence-corrected chi connectivity index (χ4v) is 3.03. The van der Waals surface area contributed by atoms with E-state index in [4.69, 9.17) is 9.47 Å². The molecule has 0 aromatic rings. The van der Waals surface area contributed by atoms with Crippen molar-refractivity contribution >= 4 is 0 Å². The first-order chi connectivity index (χ1) is 8.29. The van der Waals surface area contributed by atoms with Crippen molar-refractivity contribution in [2.75, 3.05) is 26.9 Å². The lowest BCUT2D eigenvalue weighted by Gasteiger charge is -2.29. The van der Waals surface area contributed by atoms with Gasteiger partial charge in [-0.1, -0.05) is 0 Å². The molecule has 0 aromatic heterocycles. The molecule has 1 saturated heterocycles. The molecule has 0 amide bonds. The van der Waals surface area contributed by atoms with Crippen LogP contribution in [0.4, 0.5) is 0 Å². The van der Waals surface area contributed by atoms with Gasteiger partial charge in [-0.25, -0.2) is 0 Å². The molecule has 2 rings (SSSR count). The van der Waals surface area contributed by atoms with Crippen LogP contribution in [0.3, 0.4) is 0 Å². The summed E-state index contributed by atoms with van der Waals surface area (Å²) in [6.45, 7) is 4.96. The van der Waals surface area contributed by atoms with E-state index in [-0.39, 0.29) is 0 Å². The molecular weight excluding hydrogens is 216 g/mol. The van der Waals surface area contributed by atoms with E-state index < -0.39 is 0 Å². The lowest BCUT2D eigenvalue weighted by molar-refractivity contribution is 0.0640. The van der Waals surface area contributed by atoms with Crippen molar-refractivity contribution in [3.8, 4) is 0 Å². The van der Waals surface area contributed by atoms with Gasteiger partial charge < -0.3 is 20.1 Å². The van der Waals surface area contributed by atoms with Crippen molar-refractivity contribution < 1.29 is 9.47 Å². The van der Waals surface area contributed by atoms with Gasteiger partial charge in [0.1, 0.15) is 0 Å². The molecule has 0 radical (unpaired) electrons. The third-order valence-corrected chi connectivity index (χ3v) is 3.89. The molecule has 100 valence electrons. The van der Waals surface area contributed by atoms with Crippen molar-refractivity contribution in [2.45, 2.75) is 56.8 Å². The average Bonchev–Trinajstić information content (AvgIpc) is 2.77. The number of hydrogen-bond donors (Lipinski definition) is 2. The van der Waals surface area contributed by atoms with Crippen molar-refractivity contribution in [3.63, 3.8) is 0 Å². The summed E-state index contributed by atoms with van der Waals surface area (Å²) in [5.41, 5.74) is 0. The van der Waals surface area contributed by atoms with Crippen molar-refractivity contribution in [3.05, 3.63) is 0 Å². The molecule has 1 saturated carbocycles. The Kier molecular flexibility index (Phi) is 5.22. The van der Waals surface area contributed by atoms with E-state index in [1.54, 1.807) is 0 Å². The van der Waals surface area contributed by atoms with E-state index >= 15 is 0 Å². The standard InChI is InChI=1S/C13H26N2O2/c1-10(8-11-9-17-7-6-14-11)15-12-4-3-5-13(12)16-2/h10-15H,3-9H2,1-2H3. The topological polar surface area (TPSA) is 42.5 Å². The van der Waals surface area contributed by atoms with Crippen LogP contribution in [0.1, 0.15) is 32.6 Å². The molecule has 4 nitrogen and oxygen atoms in total. The van der Waals surface area contributed by atoms with Crippen LogP contribution < -0.4 is 10.6 Å². The molecule has 0 spiro atoms. The maximum absolute atomic E-state index is 5.51. The highest BCUT2D eigenvalue weighted by atomic mass is 16.5. The van der Waals surface area contributed by atoms with Crippen LogP contribution in [-0.4, -0.2) is 51.1 Å². The van der Waals surface area contributed by atoms with Crippen LogP contribution in [0.5, 0.6) is 0 Å². The summed E-state index contributed by atoms with van der Waals surface area (Å²) in [5, 5.41) is 7.21. The number of morpholine rings is 1. The summed E-state index contributed by atoms with van der Waals surface area (Å²) < 4.78 is 11.0. The molecule has 2 fully saturated rings. The Morgan fingerprint density at radius 3 is 3.06 bits per heavy atom. The molecular formula is C13H26N2O2. The number of methoxy groups -OCH3 is 1. The van der Waals surface area contributed by atoms with E-state index in [0.717, 1.165) is 26.2 Å². The smallest absolute Gasteiger partial charge is 0.0724 e. The molecule has 4 atom stereocenters. The second-order valence-electron chi connectivity index (χ2n) is 5.34. The summed E-state index contributed by atoms with van der Waals surface area (Å²) in [5.74, 6) is 0. The zero-order valence-corrected chi connectivity index (χ0v) is 11.1. The van der Waals surface area contributed by atoms with Gasteiger partial charge in [0.15, 0.2) is 0 Å². The quantitative estimate of drug-likeness (QED) is 0.752. The summed E-state index contributed by atoms with van der Waals surface area (Å²) in [6.07, 6.45) is 5.28. The van der Waals surface area contributed by atoms with E-state index in [1.807, 2.05) is 7.11 Å². The van der Waals surface area contributed by atoms with Gasteiger partial charge in [-0.15, -0.1) is 0 Å². The average molecular weight is 242 g/mol. The first-order valence-electron chi connectivity index (χ1n) is 6.89. The molecule has 0 aromatic carbocycles. The van der Waals surface area contributed by atoms with Crippen LogP contribution in [-0.2, 0) is 9.47 Å². The number of hydrogen-bond acceptors (Lipinski definition) is 4. The lowest BCUT2D eigenvalue weighted by atomic mass is 10.1. The van der Waals surface area contributed by atoms with E-state index in [9.17, 15) is 0 Å². The van der Waals surface area contributed by atoms with E-state index in [2.05, 4.69) is 17.6 Å². The molecule has 17 heavy (non-hydrogen) atoms. The molecule has 0 bridgehead atoms. The molecule has 2 N–H and O–H groups in total. The minimum atomic E-state index is 0.410. The lowest BCUT2D eigenvalue weighted by Crippen LogP contribution is -2.48. The summed E-state index contributed by atoms with van der Waals surface area (Å²) in [4.78, 5) is 0. The Morgan fingerprint density at radius 1 is 1.47 bits per heavy atom. The summed E-state index contributed by atoms with van der Waals surface area (Å²) >= 11 is 0. The third kappa shape index (κ3) is 3.91. The van der Waals surface area contributed by atoms with Crippen LogP contribution in [0, 0.1) is 0 Å². The molecule has 1 aliphatic carbocycles. The second kappa shape index (κ2) is 6.69. The minimum absolute atomic E-state index is 0.410. The fourth-order valence-electron chi connectivity index (χ4n) is 3.03. The van der Waals surface area contributed by atoms with Gasteiger partial charge in [0.2, 0.25) is 0 Å². The maximum atomic E-state index is 5.51. The molecule has 1 aliphatic heterocycles. The van der Waals surface area contributed by atoms with Gasteiger partial charge >= 0.3 is 0 Å². The number of rotatable bonds is 5. The predicted molar refractivity (Wildman–Crippen MR) is 68.3 cm³/mol. The number of ether oxygens (including phenoxy) is 2. The maximum Gasteiger partial charge on any atom is 0.0724 e. The van der Waals surface area contributed by atoms with Gasteiger partial charge in [0.05, 0.1) is 19.3 Å². The monoisotopic (exact) mass is 242 g/mol. The zero-order chi connectivity index (χ0) is 12.1. The van der Waals surface area contributed by atoms with Gasteiger partial charge in [0.25, 0.3) is 0 Å². The van der Waals surface area contributed by atoms with Crippen molar-refractivity contribution in [2.24, 2.45) is 0 Å². The van der Waals surface area contributed by atoms with Gasteiger partial charge in [0, 0.05) is 31.8 Å². The highest BCUT2D eigenvalue weighted by Crippen LogP contribution is 2.22. The Morgan fingerprint density at radius 2 is 2.35 bits per heavy atom. The first kappa shape index (κ1) is 13.3. The molecule has 4 unspecified atom stereocenters. The number of nitrogens with one attached hydrogen (secondary N) is 2. The SMILES string of the molecule is COC1CCCC1NC(C)CC1COCCN1. The molecule has 1 heterocycles. The van der Waals surface area contributed by atoms with Crippen LogP contribution in [0.2, 0.25) is 0 Å². The van der Waals surface area contributed by atoms with Crippen molar-refractivity contribution in [1.82, 2.24) is 10.6 Å². The Bertz CT molecular complexity index is 219. The Hall–Kier alpha value is -0.160. The Balaban J connectivity index is 1.70. The predicted octanol–water partition coefficient (Wildman–Crippen LogP) is 0.911. The van der Waals surface area contributed by atoms with E-state index in [1.165, 1.54) is 19.3 Å². The Labute approximate surface area is 104 Å². The fraction of sp³-hybridized carbons (Fsp3) is 1.00. The first-order valence-corrected chi connectivity index (χ1v) is 6.89. The van der Waals surface area contributed by atoms with Crippen LogP contribution in [0.25, 0.3) is 0 Å². The van der Waals surface area contributed by atoms with Crippen molar-refractivity contribution in [1.29, 1.82) is 0 Å². The molecule has 4 heteroatoms. The van der Waals surface area contributed by atoms with Crippen LogP contribution >= 0.6 is 0 Å². The normalized spacial score (nSPS) is 36.0. The highest BCUT2D eigenvalue weighted by molar-refractivity contribution is 4.87. The summed E-state index contributed by atoms with van der Waals surface area (Å²) in [6, 6.07) is 1.57. The second-order valence-corrected chi connectivity index (χ2v) is 5.34. The third-order valence-electron chi connectivity index (χ3n) is 3.89. The van der Waals surface area contributed by atoms with Crippen LogP contribution in [0.15, 0.2) is 0 Å². The largest absolute Gasteiger partial charge is 0.380 e. The van der Waals surface area contributed by atoms with Gasteiger partial charge in [-0.3, -0.25) is 0 Å². The molecule has 2 aliphatic rings.